The van der Waals surface area contributed by atoms with E-state index in [1.54, 1.807) is 6.92 Å². The van der Waals surface area contributed by atoms with Crippen LogP contribution in [0.5, 0.6) is 0 Å². The number of hydrogen-bond acceptors (Lipinski definition) is 2. The van der Waals surface area contributed by atoms with E-state index < -0.39 is 0 Å². The molecule has 3 nitrogen and oxygen atoms in total. The van der Waals surface area contributed by atoms with Gasteiger partial charge in [0.25, 0.3) is 0 Å². The molecule has 2 rings (SSSR count). The molecule has 0 spiro atoms. The molecule has 2 heterocycles. The summed E-state index contributed by atoms with van der Waals surface area (Å²) in [6.45, 7) is 1.61. The number of Topliss-reactive ketones (excluding diaryl/α,β-unsaturated/α-hetero) is 1. The first-order valence-electron chi connectivity index (χ1n) is 5.52. The van der Waals surface area contributed by atoms with Crippen molar-refractivity contribution in [2.45, 2.75) is 57.5 Å². The van der Waals surface area contributed by atoms with E-state index in [0.29, 0.717) is 12.5 Å². The highest BCUT2D eigenvalue weighted by atomic mass is 16.2. The summed E-state index contributed by atoms with van der Waals surface area (Å²) in [5.41, 5.74) is 0. The van der Waals surface area contributed by atoms with E-state index >= 15 is 0 Å². The molecular weight excluding hydrogens is 178 g/mol. The van der Waals surface area contributed by atoms with Crippen LogP contribution in [0.15, 0.2) is 0 Å². The van der Waals surface area contributed by atoms with Crippen LogP contribution in [0, 0.1) is 0 Å². The van der Waals surface area contributed by atoms with Gasteiger partial charge in [-0.3, -0.25) is 9.59 Å². The Balaban J connectivity index is 2.18. The smallest absolute Gasteiger partial charge is 0.223 e. The zero-order valence-electron chi connectivity index (χ0n) is 8.66. The molecule has 2 aliphatic rings. The van der Waals surface area contributed by atoms with Gasteiger partial charge in [0.2, 0.25) is 5.91 Å². The number of ketones is 1. The number of nitrogens with zero attached hydrogens (tertiary/aromatic N) is 1. The highest BCUT2D eigenvalue weighted by Crippen LogP contribution is 2.31. The Morgan fingerprint density at radius 3 is 2.71 bits per heavy atom. The fourth-order valence-corrected chi connectivity index (χ4v) is 2.76. The summed E-state index contributed by atoms with van der Waals surface area (Å²) in [5, 5.41) is 0. The van der Waals surface area contributed by atoms with Crippen molar-refractivity contribution in [1.29, 1.82) is 0 Å². The van der Waals surface area contributed by atoms with Gasteiger partial charge in [-0.1, -0.05) is 0 Å². The summed E-state index contributed by atoms with van der Waals surface area (Å²) in [6.07, 6.45) is 5.80. The number of piperidine rings is 2. The van der Waals surface area contributed by atoms with Crippen molar-refractivity contribution in [2.24, 2.45) is 0 Å². The first kappa shape index (κ1) is 9.69. The van der Waals surface area contributed by atoms with E-state index in [-0.39, 0.29) is 17.7 Å². The van der Waals surface area contributed by atoms with E-state index in [4.69, 9.17) is 0 Å². The van der Waals surface area contributed by atoms with Gasteiger partial charge in [-0.2, -0.15) is 0 Å². The third-order valence-electron chi connectivity index (χ3n) is 3.43. The van der Waals surface area contributed by atoms with Crippen molar-refractivity contribution in [1.82, 2.24) is 4.90 Å². The number of carbonyl (C=O) groups excluding carboxylic acids is 2. The molecule has 2 atom stereocenters. The van der Waals surface area contributed by atoms with E-state index in [1.807, 2.05) is 4.90 Å². The largest absolute Gasteiger partial charge is 0.330 e. The number of amides is 1. The molecule has 0 aromatic heterocycles. The number of hydrogen-bond donors (Lipinski definition) is 0. The van der Waals surface area contributed by atoms with Crippen molar-refractivity contribution in [3.63, 3.8) is 0 Å². The molecule has 0 N–H and O–H groups in total. The van der Waals surface area contributed by atoms with Gasteiger partial charge >= 0.3 is 0 Å². The quantitative estimate of drug-likeness (QED) is 0.636. The van der Waals surface area contributed by atoms with E-state index in [9.17, 15) is 9.59 Å². The number of fused-ring (bicyclic) bond motifs is 1. The maximum absolute atomic E-state index is 11.7. The third kappa shape index (κ3) is 1.56. The lowest BCUT2D eigenvalue weighted by atomic mass is 9.87. The van der Waals surface area contributed by atoms with Crippen LogP contribution < -0.4 is 0 Å². The number of carbonyl (C=O) groups is 2. The molecule has 2 saturated heterocycles. The minimum absolute atomic E-state index is 0.110. The maximum atomic E-state index is 11.7. The van der Waals surface area contributed by atoms with E-state index in [0.717, 1.165) is 32.1 Å². The van der Waals surface area contributed by atoms with Crippen molar-refractivity contribution in [3.05, 3.63) is 0 Å². The lowest BCUT2D eigenvalue weighted by Crippen LogP contribution is -2.54. The molecule has 14 heavy (non-hydrogen) atoms. The molecule has 2 aliphatic heterocycles. The molecule has 0 aromatic rings. The van der Waals surface area contributed by atoms with Crippen LogP contribution in [0.4, 0.5) is 0 Å². The van der Waals surface area contributed by atoms with Crippen LogP contribution in [-0.2, 0) is 9.59 Å². The van der Waals surface area contributed by atoms with Crippen LogP contribution in [0.25, 0.3) is 0 Å². The monoisotopic (exact) mass is 195 g/mol. The highest BCUT2D eigenvalue weighted by molar-refractivity contribution is 5.88. The summed E-state index contributed by atoms with van der Waals surface area (Å²) in [5.74, 6) is 0.353. The third-order valence-corrected chi connectivity index (χ3v) is 3.43. The normalized spacial score (nSPS) is 32.6. The molecular formula is C11H17NO2. The van der Waals surface area contributed by atoms with Crippen LogP contribution >= 0.6 is 0 Å². The first-order chi connectivity index (χ1) is 6.70. The van der Waals surface area contributed by atoms with Crippen molar-refractivity contribution < 1.29 is 9.59 Å². The Hall–Kier alpha value is -0.860. The predicted octanol–water partition coefficient (Wildman–Crippen LogP) is 1.51. The minimum Gasteiger partial charge on any atom is -0.330 e. The topological polar surface area (TPSA) is 37.4 Å². The Bertz CT molecular complexity index is 260. The molecule has 0 bridgehead atoms. The summed E-state index contributed by atoms with van der Waals surface area (Å²) in [4.78, 5) is 25.0. The first-order valence-corrected chi connectivity index (χ1v) is 5.52. The second-order valence-corrected chi connectivity index (χ2v) is 4.40. The molecule has 78 valence electrons. The lowest BCUT2D eigenvalue weighted by molar-refractivity contribution is -0.147. The van der Waals surface area contributed by atoms with Gasteiger partial charge in [0.1, 0.15) is 0 Å². The van der Waals surface area contributed by atoms with Gasteiger partial charge in [-0.05, 0) is 39.0 Å². The molecule has 3 heteroatoms. The van der Waals surface area contributed by atoms with Crippen LogP contribution in [0.1, 0.15) is 45.4 Å². The Morgan fingerprint density at radius 2 is 2.00 bits per heavy atom. The zero-order valence-corrected chi connectivity index (χ0v) is 8.66. The van der Waals surface area contributed by atoms with E-state index in [2.05, 4.69) is 0 Å². The summed E-state index contributed by atoms with van der Waals surface area (Å²) in [7, 11) is 0. The van der Waals surface area contributed by atoms with Crippen molar-refractivity contribution >= 4 is 11.7 Å². The van der Waals surface area contributed by atoms with Crippen LogP contribution in [0.3, 0.4) is 0 Å². The second kappa shape index (κ2) is 3.71. The highest BCUT2D eigenvalue weighted by Gasteiger charge is 2.38. The molecule has 0 aliphatic carbocycles. The Kier molecular flexibility index (Phi) is 2.57. The zero-order chi connectivity index (χ0) is 10.1. The molecule has 1 amide bonds. The van der Waals surface area contributed by atoms with Gasteiger partial charge in [-0.25, -0.2) is 0 Å². The number of rotatable bonds is 1. The molecule has 0 aromatic carbocycles. The molecule has 2 unspecified atom stereocenters. The lowest BCUT2D eigenvalue weighted by Gasteiger charge is -2.43. The SMILES string of the molecule is CC(=O)C1CCCC2CCCC(=O)N21. The van der Waals surface area contributed by atoms with Gasteiger partial charge in [0.05, 0.1) is 6.04 Å². The fraction of sp³-hybridized carbons (Fsp3) is 0.818. The Morgan fingerprint density at radius 1 is 1.29 bits per heavy atom. The van der Waals surface area contributed by atoms with Crippen molar-refractivity contribution in [3.8, 4) is 0 Å². The van der Waals surface area contributed by atoms with Crippen molar-refractivity contribution in [2.75, 3.05) is 0 Å². The van der Waals surface area contributed by atoms with Crippen LogP contribution in [0.2, 0.25) is 0 Å². The summed E-state index contributed by atoms with van der Waals surface area (Å²) in [6, 6.07) is 0.250. The predicted molar refractivity (Wildman–Crippen MR) is 52.8 cm³/mol. The van der Waals surface area contributed by atoms with E-state index in [1.165, 1.54) is 0 Å². The average molecular weight is 195 g/mol. The fourth-order valence-electron chi connectivity index (χ4n) is 2.76. The van der Waals surface area contributed by atoms with Gasteiger partial charge in [0, 0.05) is 12.5 Å². The maximum Gasteiger partial charge on any atom is 0.223 e. The molecule has 2 fully saturated rings. The summed E-state index contributed by atoms with van der Waals surface area (Å²) >= 11 is 0. The second-order valence-electron chi connectivity index (χ2n) is 4.40. The van der Waals surface area contributed by atoms with Gasteiger partial charge in [-0.15, -0.1) is 0 Å². The van der Waals surface area contributed by atoms with Gasteiger partial charge < -0.3 is 4.90 Å². The molecule has 0 saturated carbocycles. The van der Waals surface area contributed by atoms with Crippen LogP contribution in [-0.4, -0.2) is 28.7 Å². The minimum atomic E-state index is -0.110. The summed E-state index contributed by atoms with van der Waals surface area (Å²) < 4.78 is 0. The Labute approximate surface area is 84.5 Å². The standard InChI is InChI=1S/C11H17NO2/c1-8(13)10-6-2-4-9-5-3-7-11(14)12(9)10/h9-10H,2-7H2,1H3. The molecule has 0 radical (unpaired) electrons. The average Bonchev–Trinajstić information content (AvgIpc) is 2.17. The van der Waals surface area contributed by atoms with Gasteiger partial charge in [0.15, 0.2) is 5.78 Å².